The van der Waals surface area contributed by atoms with E-state index in [1.165, 1.54) is 28.3 Å². The minimum Gasteiger partial charge on any atom is -0.345 e. The monoisotopic (exact) mass is 1070 g/mol. The lowest BCUT2D eigenvalue weighted by Crippen LogP contribution is -2.09. The van der Waals surface area contributed by atoms with Crippen LogP contribution in [0.4, 0.5) is 62.6 Å². The molecule has 0 bridgehead atoms. The Morgan fingerprint density at radius 1 is 0.289 bits per heavy atom. The Morgan fingerprint density at radius 2 is 0.530 bits per heavy atom. The lowest BCUT2D eigenvalue weighted by molar-refractivity contribution is -0.384. The van der Waals surface area contributed by atoms with Gasteiger partial charge in [0.15, 0.2) is 0 Å². The molecule has 8 heteroatoms. The molecule has 0 radical (unpaired) electrons. The summed E-state index contributed by atoms with van der Waals surface area (Å²) in [6.07, 6.45) is 0. The van der Waals surface area contributed by atoms with Crippen molar-refractivity contribution in [2.24, 2.45) is 0 Å². The zero-order valence-electron chi connectivity index (χ0n) is 46.0. The molecule has 0 N–H and O–H groups in total. The first-order valence-corrected chi connectivity index (χ1v) is 27.4. The average Bonchev–Trinajstić information content (AvgIpc) is 3.68. The van der Waals surface area contributed by atoms with Gasteiger partial charge in [-0.15, -0.1) is 0 Å². The molecule has 0 unspecified atom stereocenters. The minimum atomic E-state index is -0.372. The summed E-state index contributed by atoms with van der Waals surface area (Å²) in [6, 6.07) is 110. The third-order valence-corrected chi connectivity index (χ3v) is 14.7. The standard InChI is InChI=1S/C38H29N3.C37H29N3O2/c1-40(34-20-12-29(28-39)13-21-34)35-22-14-32(15-23-35)33-18-26-38(27-19-33)41(36-10-6-3-7-11-36)37-24-16-31(17-25-37)30-8-4-2-5-9-30;1-38(36-13-8-14-37(27-36)40(41)42)32-21-15-30(16-22-32)31-19-25-35(26-20-31)39(33-11-6-3-7-12-33)34-23-17-29(18-24-34)28-9-4-2-5-10-28/h2-27H,1H3;2-27H,1H3. The molecule has 0 saturated carbocycles. The Balaban J connectivity index is 0.000000174. The molecule has 0 aliphatic carbocycles. The highest BCUT2D eigenvalue weighted by molar-refractivity contribution is 5.82. The maximum atomic E-state index is 11.2. The van der Waals surface area contributed by atoms with Gasteiger partial charge >= 0.3 is 0 Å². The smallest absolute Gasteiger partial charge is 0.271 e. The van der Waals surface area contributed by atoms with E-state index in [2.05, 4.69) is 251 Å². The molecule has 8 nitrogen and oxygen atoms in total. The summed E-state index contributed by atoms with van der Waals surface area (Å²) in [7, 11) is 3.95. The van der Waals surface area contributed by atoms with Crippen molar-refractivity contribution in [3.05, 3.63) is 331 Å². The summed E-state index contributed by atoms with van der Waals surface area (Å²) in [5, 5.41) is 20.3. The van der Waals surface area contributed by atoms with Crippen LogP contribution in [0.5, 0.6) is 0 Å². The van der Waals surface area contributed by atoms with Crippen LogP contribution in [0.2, 0.25) is 0 Å². The quantitative estimate of drug-likeness (QED) is 0.0747. The SMILES string of the molecule is CN(c1ccc(-c2ccc(N(c3ccccc3)c3ccc(-c4ccccc4)cc3)cc2)cc1)c1cccc([N+](=O)[O-])c1.CN(c1ccc(C#N)cc1)c1ccc(-c2ccc(N(c3ccccc3)c3ccc(-c4ccccc4)cc3)cc2)cc1. The zero-order chi connectivity index (χ0) is 56.9. The molecule has 12 rings (SSSR count). The maximum Gasteiger partial charge on any atom is 0.271 e. The number of non-ortho nitro benzene ring substituents is 1. The molecular weight excluding hydrogens is 1020 g/mol. The number of nitrogens with zero attached hydrogens (tertiary/aromatic N) is 6. The Bertz CT molecular complexity index is 4090. The first-order valence-electron chi connectivity index (χ1n) is 27.4. The van der Waals surface area contributed by atoms with E-state index in [1.807, 2.05) is 85.7 Å². The Kier molecular flexibility index (Phi) is 16.3. The summed E-state index contributed by atoms with van der Waals surface area (Å²) in [5.41, 5.74) is 20.5. The molecule has 400 valence electrons. The molecule has 0 amide bonds. The van der Waals surface area contributed by atoms with Crippen LogP contribution in [0.1, 0.15) is 5.56 Å². The van der Waals surface area contributed by atoms with Crippen LogP contribution in [-0.2, 0) is 0 Å². The number of nitriles is 1. The molecule has 12 aromatic rings. The van der Waals surface area contributed by atoms with Crippen LogP contribution in [0.3, 0.4) is 0 Å². The van der Waals surface area contributed by atoms with E-state index >= 15 is 0 Å². The lowest BCUT2D eigenvalue weighted by Gasteiger charge is -2.26. The number of para-hydroxylation sites is 2. The third-order valence-electron chi connectivity index (χ3n) is 14.7. The molecule has 0 aromatic heterocycles. The second kappa shape index (κ2) is 25.2. The summed E-state index contributed by atoms with van der Waals surface area (Å²) in [6.45, 7) is 0. The van der Waals surface area contributed by atoms with E-state index in [4.69, 9.17) is 5.26 Å². The molecule has 0 aliphatic rings. The lowest BCUT2D eigenvalue weighted by atomic mass is 10.0. The highest BCUT2D eigenvalue weighted by Gasteiger charge is 2.16. The maximum absolute atomic E-state index is 11.2. The topological polar surface area (TPSA) is 79.9 Å². The minimum absolute atomic E-state index is 0.0766. The first-order chi connectivity index (χ1) is 40.8. The highest BCUT2D eigenvalue weighted by atomic mass is 16.6. The molecule has 0 heterocycles. The van der Waals surface area contributed by atoms with E-state index in [0.717, 1.165) is 79.1 Å². The number of hydrogen-bond acceptors (Lipinski definition) is 7. The zero-order valence-corrected chi connectivity index (χ0v) is 46.0. The summed E-state index contributed by atoms with van der Waals surface area (Å²) >= 11 is 0. The molecule has 12 aromatic carbocycles. The number of nitro benzene ring substituents is 1. The summed E-state index contributed by atoms with van der Waals surface area (Å²) < 4.78 is 0. The normalized spacial score (nSPS) is 10.6. The molecule has 0 spiro atoms. The predicted octanol–water partition coefficient (Wildman–Crippen LogP) is 20.3. The number of benzene rings is 12. The van der Waals surface area contributed by atoms with Crippen LogP contribution >= 0.6 is 0 Å². The Morgan fingerprint density at radius 3 is 0.831 bits per heavy atom. The van der Waals surface area contributed by atoms with Gasteiger partial charge in [0.25, 0.3) is 5.69 Å². The second-order valence-electron chi connectivity index (χ2n) is 19.9. The van der Waals surface area contributed by atoms with Crippen LogP contribution in [0.25, 0.3) is 44.5 Å². The Hall–Kier alpha value is -11.3. The molecule has 0 aliphatic heterocycles. The van der Waals surface area contributed by atoms with E-state index in [1.54, 1.807) is 12.1 Å². The van der Waals surface area contributed by atoms with Crippen molar-refractivity contribution in [1.29, 1.82) is 5.26 Å². The van der Waals surface area contributed by atoms with Crippen LogP contribution in [0.15, 0.2) is 315 Å². The largest absolute Gasteiger partial charge is 0.345 e. The number of anilines is 10. The average molecular weight is 1080 g/mol. The van der Waals surface area contributed by atoms with Gasteiger partial charge in [0, 0.05) is 83.1 Å². The fourth-order valence-corrected chi connectivity index (χ4v) is 10.1. The van der Waals surface area contributed by atoms with E-state index in [9.17, 15) is 10.1 Å². The van der Waals surface area contributed by atoms with Crippen molar-refractivity contribution in [2.45, 2.75) is 0 Å². The second-order valence-corrected chi connectivity index (χ2v) is 19.9. The molecule has 0 atom stereocenters. The van der Waals surface area contributed by atoms with Gasteiger partial charge in [-0.05, 0) is 172 Å². The van der Waals surface area contributed by atoms with Crippen molar-refractivity contribution in [2.75, 3.05) is 33.7 Å². The summed E-state index contributed by atoms with van der Waals surface area (Å²) in [4.78, 5) is 19.4. The number of hydrogen-bond donors (Lipinski definition) is 0. The third kappa shape index (κ3) is 12.6. The van der Waals surface area contributed by atoms with Gasteiger partial charge in [-0.1, -0.05) is 176 Å². The van der Waals surface area contributed by atoms with Crippen molar-refractivity contribution >= 4 is 62.6 Å². The number of nitro groups is 1. The fraction of sp³-hybridized carbons (Fsp3) is 0.0267. The van der Waals surface area contributed by atoms with Crippen LogP contribution in [-0.4, -0.2) is 19.0 Å². The van der Waals surface area contributed by atoms with Crippen molar-refractivity contribution in [3.63, 3.8) is 0 Å². The molecule has 0 fully saturated rings. The van der Waals surface area contributed by atoms with Crippen molar-refractivity contribution < 1.29 is 4.92 Å². The van der Waals surface area contributed by atoms with E-state index in [0.29, 0.717) is 5.56 Å². The summed E-state index contributed by atoms with van der Waals surface area (Å²) in [5.74, 6) is 0. The molecule has 83 heavy (non-hydrogen) atoms. The van der Waals surface area contributed by atoms with Gasteiger partial charge in [0.05, 0.1) is 16.6 Å². The van der Waals surface area contributed by atoms with Crippen molar-refractivity contribution in [3.8, 4) is 50.6 Å². The van der Waals surface area contributed by atoms with Gasteiger partial charge in [-0.2, -0.15) is 5.26 Å². The van der Waals surface area contributed by atoms with Crippen LogP contribution < -0.4 is 19.6 Å². The van der Waals surface area contributed by atoms with Gasteiger partial charge in [0.1, 0.15) is 0 Å². The van der Waals surface area contributed by atoms with Gasteiger partial charge in [-0.3, -0.25) is 10.1 Å². The molecule has 0 saturated heterocycles. The van der Waals surface area contributed by atoms with Crippen molar-refractivity contribution in [1.82, 2.24) is 0 Å². The predicted molar refractivity (Wildman–Crippen MR) is 344 cm³/mol. The highest BCUT2D eigenvalue weighted by Crippen LogP contribution is 2.39. The van der Waals surface area contributed by atoms with Gasteiger partial charge < -0.3 is 19.6 Å². The van der Waals surface area contributed by atoms with E-state index in [-0.39, 0.29) is 10.6 Å². The van der Waals surface area contributed by atoms with Crippen LogP contribution in [0, 0.1) is 21.4 Å². The molecular formula is C75H58N6O2. The first kappa shape index (κ1) is 53.7. The van der Waals surface area contributed by atoms with E-state index < -0.39 is 0 Å². The Labute approximate surface area is 485 Å². The fourth-order valence-electron chi connectivity index (χ4n) is 10.1. The number of rotatable bonds is 15. The van der Waals surface area contributed by atoms with Gasteiger partial charge in [-0.25, -0.2) is 0 Å². The van der Waals surface area contributed by atoms with Gasteiger partial charge in [0.2, 0.25) is 0 Å².